The Hall–Kier alpha value is -1.98. The van der Waals surface area contributed by atoms with Gasteiger partial charge in [-0.3, -0.25) is 0 Å². The van der Waals surface area contributed by atoms with E-state index in [1.54, 1.807) is 0 Å². The largest absolute Gasteiger partial charge is 0.337 e. The average Bonchev–Trinajstić information content (AvgIpc) is 2.94. The van der Waals surface area contributed by atoms with Gasteiger partial charge in [0.05, 0.1) is 4.70 Å². The van der Waals surface area contributed by atoms with Crippen LogP contribution in [0.3, 0.4) is 0 Å². The SMILES string of the molecule is [c]1c(C2Cc3ccccc3OO2)ccc2snnc12. The summed E-state index contributed by atoms with van der Waals surface area (Å²) in [4.78, 5) is 10.8. The molecule has 2 aromatic carbocycles. The molecule has 0 spiro atoms. The second-order valence-electron chi connectivity index (χ2n) is 4.38. The van der Waals surface area contributed by atoms with Crippen LogP contribution in [0.5, 0.6) is 5.75 Å². The highest BCUT2D eigenvalue weighted by atomic mass is 32.1. The lowest BCUT2D eigenvalue weighted by Crippen LogP contribution is -2.16. The van der Waals surface area contributed by atoms with E-state index in [2.05, 4.69) is 15.7 Å². The van der Waals surface area contributed by atoms with Gasteiger partial charge in [0, 0.05) is 18.1 Å². The van der Waals surface area contributed by atoms with E-state index in [-0.39, 0.29) is 6.10 Å². The van der Waals surface area contributed by atoms with E-state index in [1.165, 1.54) is 11.5 Å². The van der Waals surface area contributed by atoms with Gasteiger partial charge in [0.2, 0.25) is 0 Å². The second-order valence-corrected chi connectivity index (χ2v) is 5.17. The topological polar surface area (TPSA) is 44.2 Å². The Morgan fingerprint density at radius 1 is 1.21 bits per heavy atom. The van der Waals surface area contributed by atoms with Gasteiger partial charge in [-0.1, -0.05) is 28.8 Å². The third-order valence-corrected chi connectivity index (χ3v) is 3.86. The first kappa shape index (κ1) is 10.9. The quantitative estimate of drug-likeness (QED) is 0.637. The molecule has 0 saturated heterocycles. The molecule has 0 amide bonds. The van der Waals surface area contributed by atoms with Crippen molar-refractivity contribution in [3.05, 3.63) is 53.6 Å². The highest BCUT2D eigenvalue weighted by Gasteiger charge is 2.23. The lowest BCUT2D eigenvalue weighted by atomic mass is 10.00. The fraction of sp³-hybridized carbons (Fsp3) is 0.143. The van der Waals surface area contributed by atoms with Crippen LogP contribution in [-0.2, 0) is 11.3 Å². The fourth-order valence-corrected chi connectivity index (χ4v) is 2.70. The number of benzene rings is 2. The molecule has 1 aliphatic rings. The molecule has 1 aliphatic heterocycles. The molecule has 2 heterocycles. The summed E-state index contributed by atoms with van der Waals surface area (Å²) >= 11 is 1.37. The molecule has 3 aromatic rings. The Balaban J connectivity index is 1.70. The van der Waals surface area contributed by atoms with Gasteiger partial charge in [0.25, 0.3) is 0 Å². The number of hydrogen-bond acceptors (Lipinski definition) is 5. The van der Waals surface area contributed by atoms with Gasteiger partial charge in [-0.25, -0.2) is 0 Å². The number of nitrogens with zero attached hydrogens (tertiary/aromatic N) is 2. The average molecular weight is 269 g/mol. The Labute approximate surface area is 113 Å². The molecule has 4 nitrogen and oxygen atoms in total. The maximum Gasteiger partial charge on any atom is 0.168 e. The van der Waals surface area contributed by atoms with Crippen LogP contribution in [-0.4, -0.2) is 9.59 Å². The van der Waals surface area contributed by atoms with Crippen molar-refractivity contribution in [3.8, 4) is 5.75 Å². The van der Waals surface area contributed by atoms with Crippen LogP contribution in [0, 0.1) is 6.07 Å². The normalized spacial score (nSPS) is 18.0. The van der Waals surface area contributed by atoms with Crippen molar-refractivity contribution >= 4 is 21.7 Å². The molecule has 1 unspecified atom stereocenters. The van der Waals surface area contributed by atoms with Crippen LogP contribution >= 0.6 is 11.5 Å². The van der Waals surface area contributed by atoms with Gasteiger partial charge in [0.15, 0.2) is 5.75 Å². The van der Waals surface area contributed by atoms with Gasteiger partial charge in [-0.2, -0.15) is 4.89 Å². The zero-order chi connectivity index (χ0) is 12.7. The van der Waals surface area contributed by atoms with E-state index < -0.39 is 0 Å². The van der Waals surface area contributed by atoms with Crippen LogP contribution in [0.4, 0.5) is 0 Å². The summed E-state index contributed by atoms with van der Waals surface area (Å²) in [5.74, 6) is 0.787. The Bertz CT molecular complexity index is 741. The summed E-state index contributed by atoms with van der Waals surface area (Å²) in [6.45, 7) is 0. The third kappa shape index (κ3) is 1.87. The number of hydrogen-bond donors (Lipinski definition) is 0. The van der Waals surface area contributed by atoms with Crippen molar-refractivity contribution in [2.75, 3.05) is 0 Å². The van der Waals surface area contributed by atoms with E-state index in [1.807, 2.05) is 36.4 Å². The summed E-state index contributed by atoms with van der Waals surface area (Å²) < 4.78 is 4.94. The summed E-state index contributed by atoms with van der Waals surface area (Å²) in [5, 5.41) is 4.04. The van der Waals surface area contributed by atoms with Crippen molar-refractivity contribution in [2.24, 2.45) is 0 Å². The number of aromatic nitrogens is 2. The van der Waals surface area contributed by atoms with Gasteiger partial charge >= 0.3 is 0 Å². The van der Waals surface area contributed by atoms with Gasteiger partial charge < -0.3 is 4.89 Å². The predicted octanol–water partition coefficient (Wildman–Crippen LogP) is 3.10. The van der Waals surface area contributed by atoms with Crippen LogP contribution in [0.25, 0.3) is 10.2 Å². The highest BCUT2D eigenvalue weighted by molar-refractivity contribution is 7.12. The lowest BCUT2D eigenvalue weighted by Gasteiger charge is -2.23. The summed E-state index contributed by atoms with van der Waals surface area (Å²) in [7, 11) is 0. The Morgan fingerprint density at radius 3 is 3.16 bits per heavy atom. The van der Waals surface area contributed by atoms with Crippen LogP contribution in [0.2, 0.25) is 0 Å². The number of rotatable bonds is 1. The van der Waals surface area contributed by atoms with E-state index >= 15 is 0 Å². The molecule has 5 heteroatoms. The first-order valence-electron chi connectivity index (χ1n) is 5.96. The van der Waals surface area contributed by atoms with Crippen molar-refractivity contribution in [2.45, 2.75) is 12.5 Å². The molecule has 1 radical (unpaired) electrons. The first-order chi connectivity index (χ1) is 9.40. The fourth-order valence-electron chi connectivity index (χ4n) is 2.18. The predicted molar refractivity (Wildman–Crippen MR) is 70.9 cm³/mol. The first-order valence-corrected chi connectivity index (χ1v) is 6.73. The molecular weight excluding hydrogens is 260 g/mol. The zero-order valence-electron chi connectivity index (χ0n) is 9.87. The minimum Gasteiger partial charge on any atom is -0.337 e. The smallest absolute Gasteiger partial charge is 0.168 e. The minimum atomic E-state index is -0.152. The number of fused-ring (bicyclic) bond motifs is 2. The van der Waals surface area contributed by atoms with Gasteiger partial charge in [-0.05, 0) is 29.2 Å². The standard InChI is InChI=1S/C14H9N2O2S/c1-2-4-12-9(3-1)8-13(18-17-12)10-5-6-14-11(7-10)15-16-19-14/h1-6,13H,8H2. The highest BCUT2D eigenvalue weighted by Crippen LogP contribution is 2.33. The molecule has 19 heavy (non-hydrogen) atoms. The maximum absolute atomic E-state index is 5.44. The summed E-state index contributed by atoms with van der Waals surface area (Å²) in [5.41, 5.74) is 2.86. The Kier molecular flexibility index (Phi) is 2.46. The lowest BCUT2D eigenvalue weighted by molar-refractivity contribution is -0.257. The molecule has 0 N–H and O–H groups in total. The Morgan fingerprint density at radius 2 is 2.16 bits per heavy atom. The summed E-state index contributed by atoms with van der Waals surface area (Å²) in [6, 6.07) is 15.1. The molecule has 93 valence electrons. The van der Waals surface area contributed by atoms with Crippen LogP contribution < -0.4 is 4.89 Å². The molecule has 4 rings (SSSR count). The monoisotopic (exact) mass is 269 g/mol. The van der Waals surface area contributed by atoms with E-state index in [0.29, 0.717) is 0 Å². The maximum atomic E-state index is 5.44. The van der Waals surface area contributed by atoms with Gasteiger partial charge in [0.1, 0.15) is 11.6 Å². The number of para-hydroxylation sites is 1. The molecule has 0 aliphatic carbocycles. The third-order valence-electron chi connectivity index (χ3n) is 3.17. The molecular formula is C14H9N2O2S. The van der Waals surface area contributed by atoms with E-state index in [9.17, 15) is 0 Å². The molecule has 0 bridgehead atoms. The van der Waals surface area contributed by atoms with E-state index in [0.717, 1.165) is 33.5 Å². The molecule has 0 saturated carbocycles. The zero-order valence-corrected chi connectivity index (χ0v) is 10.7. The van der Waals surface area contributed by atoms with Crippen LogP contribution in [0.1, 0.15) is 17.2 Å². The van der Waals surface area contributed by atoms with Crippen molar-refractivity contribution < 1.29 is 9.78 Å². The minimum absolute atomic E-state index is 0.152. The van der Waals surface area contributed by atoms with Crippen LogP contribution in [0.15, 0.2) is 36.4 Å². The van der Waals surface area contributed by atoms with E-state index in [4.69, 9.17) is 9.78 Å². The van der Waals surface area contributed by atoms with Crippen molar-refractivity contribution in [1.82, 2.24) is 9.59 Å². The molecule has 1 atom stereocenters. The van der Waals surface area contributed by atoms with Crippen molar-refractivity contribution in [1.29, 1.82) is 0 Å². The molecule has 1 aromatic heterocycles. The van der Waals surface area contributed by atoms with Crippen molar-refractivity contribution in [3.63, 3.8) is 0 Å². The summed E-state index contributed by atoms with van der Waals surface area (Å²) in [6.07, 6.45) is 0.622. The van der Waals surface area contributed by atoms with Gasteiger partial charge in [-0.15, -0.1) is 5.10 Å². The second kappa shape index (κ2) is 4.29. The molecule has 0 fully saturated rings.